The van der Waals surface area contributed by atoms with Crippen LogP contribution in [0.25, 0.3) is 10.9 Å². The first kappa shape index (κ1) is 22.4. The number of anilines is 1. The van der Waals surface area contributed by atoms with Crippen LogP contribution in [0, 0.1) is 0 Å². The summed E-state index contributed by atoms with van der Waals surface area (Å²) in [4.78, 5) is 27.9. The molecule has 3 aromatic rings. The number of hydrogen-bond donors (Lipinski definition) is 4. The number of carbonyl (C=O) groups is 2. The van der Waals surface area contributed by atoms with Gasteiger partial charge in [-0.15, -0.1) is 0 Å². The number of nitrogens with one attached hydrogen (secondary N) is 3. The SMILES string of the molecule is C[C@@H](c1c[nH]c2ccccc12)[C@@H](N)C(=O)Nc1cccc(CNC(=O)OC(C)(C)C)c1. The third-order valence-corrected chi connectivity index (χ3v) is 4.98. The fourth-order valence-corrected chi connectivity index (χ4v) is 3.36. The highest BCUT2D eigenvalue weighted by Gasteiger charge is 2.24. The highest BCUT2D eigenvalue weighted by atomic mass is 16.6. The summed E-state index contributed by atoms with van der Waals surface area (Å²) < 4.78 is 5.24. The maximum absolute atomic E-state index is 12.8. The van der Waals surface area contributed by atoms with Crippen molar-refractivity contribution in [2.24, 2.45) is 5.73 Å². The number of amides is 2. The summed E-state index contributed by atoms with van der Waals surface area (Å²) in [6.07, 6.45) is 1.42. The van der Waals surface area contributed by atoms with Gasteiger partial charge < -0.3 is 26.1 Å². The fraction of sp³-hybridized carbons (Fsp3) is 0.333. The van der Waals surface area contributed by atoms with Gasteiger partial charge in [-0.1, -0.05) is 37.3 Å². The minimum Gasteiger partial charge on any atom is -0.444 e. The fourth-order valence-electron chi connectivity index (χ4n) is 3.36. The molecule has 2 aromatic carbocycles. The topological polar surface area (TPSA) is 109 Å². The van der Waals surface area contributed by atoms with Crippen molar-refractivity contribution in [3.63, 3.8) is 0 Å². The van der Waals surface area contributed by atoms with Crippen LogP contribution < -0.4 is 16.4 Å². The standard InChI is InChI=1S/C24H30N4O3/c1-15(19-14-26-20-11-6-5-10-18(19)20)21(25)22(29)28-17-9-7-8-16(12-17)13-27-23(30)31-24(2,3)4/h5-12,14-15,21,26H,13,25H2,1-4H3,(H,27,30)(H,28,29)/t15-,21+/m0/s1. The Morgan fingerprint density at radius 2 is 1.87 bits per heavy atom. The number of rotatable bonds is 6. The van der Waals surface area contributed by atoms with E-state index >= 15 is 0 Å². The number of aromatic nitrogens is 1. The number of aromatic amines is 1. The molecule has 1 aromatic heterocycles. The van der Waals surface area contributed by atoms with E-state index in [0.29, 0.717) is 5.69 Å². The summed E-state index contributed by atoms with van der Waals surface area (Å²) in [5, 5.41) is 6.65. The summed E-state index contributed by atoms with van der Waals surface area (Å²) in [5.41, 5.74) is 9.21. The zero-order chi connectivity index (χ0) is 22.6. The van der Waals surface area contributed by atoms with Gasteiger partial charge in [0.2, 0.25) is 5.91 Å². The van der Waals surface area contributed by atoms with Crippen molar-refractivity contribution >= 4 is 28.6 Å². The summed E-state index contributed by atoms with van der Waals surface area (Å²) in [6, 6.07) is 14.5. The van der Waals surface area contributed by atoms with Gasteiger partial charge in [0.25, 0.3) is 0 Å². The Labute approximate surface area is 182 Å². The van der Waals surface area contributed by atoms with E-state index in [0.717, 1.165) is 22.0 Å². The van der Waals surface area contributed by atoms with Gasteiger partial charge in [0.1, 0.15) is 5.60 Å². The van der Waals surface area contributed by atoms with Crippen LogP contribution in [0.5, 0.6) is 0 Å². The molecule has 5 N–H and O–H groups in total. The van der Waals surface area contributed by atoms with Crippen LogP contribution in [0.15, 0.2) is 54.7 Å². The molecule has 0 bridgehead atoms. The van der Waals surface area contributed by atoms with Crippen LogP contribution in [0.4, 0.5) is 10.5 Å². The van der Waals surface area contributed by atoms with Crippen LogP contribution in [-0.2, 0) is 16.1 Å². The molecule has 0 aliphatic rings. The average molecular weight is 423 g/mol. The largest absolute Gasteiger partial charge is 0.444 e. The van der Waals surface area contributed by atoms with E-state index in [1.807, 2.05) is 70.3 Å². The van der Waals surface area contributed by atoms with Crippen LogP contribution in [0.1, 0.15) is 44.7 Å². The third-order valence-electron chi connectivity index (χ3n) is 4.98. The third kappa shape index (κ3) is 5.86. The first-order chi connectivity index (χ1) is 14.6. The van der Waals surface area contributed by atoms with E-state index in [9.17, 15) is 9.59 Å². The lowest BCUT2D eigenvalue weighted by molar-refractivity contribution is -0.117. The van der Waals surface area contributed by atoms with Crippen molar-refractivity contribution in [3.8, 4) is 0 Å². The van der Waals surface area contributed by atoms with Crippen molar-refractivity contribution < 1.29 is 14.3 Å². The molecule has 0 saturated heterocycles. The van der Waals surface area contributed by atoms with Crippen LogP contribution in [-0.4, -0.2) is 28.6 Å². The number of H-pyrrole nitrogens is 1. The minimum atomic E-state index is -0.720. The maximum Gasteiger partial charge on any atom is 0.407 e. The Kier molecular flexibility index (Phi) is 6.65. The van der Waals surface area contributed by atoms with E-state index in [4.69, 9.17) is 10.5 Å². The first-order valence-corrected chi connectivity index (χ1v) is 10.3. The number of nitrogens with two attached hydrogens (primary N) is 1. The van der Waals surface area contributed by atoms with E-state index in [1.165, 1.54) is 0 Å². The number of ether oxygens (including phenoxy) is 1. The van der Waals surface area contributed by atoms with Gasteiger partial charge in [-0.3, -0.25) is 4.79 Å². The monoisotopic (exact) mass is 422 g/mol. The molecule has 0 spiro atoms. The van der Waals surface area contributed by atoms with Gasteiger partial charge in [0.15, 0.2) is 0 Å². The molecule has 31 heavy (non-hydrogen) atoms. The number of para-hydroxylation sites is 1. The second-order valence-corrected chi connectivity index (χ2v) is 8.65. The molecule has 164 valence electrons. The lowest BCUT2D eigenvalue weighted by Gasteiger charge is -2.20. The second-order valence-electron chi connectivity index (χ2n) is 8.65. The van der Waals surface area contributed by atoms with Gasteiger partial charge in [-0.2, -0.15) is 0 Å². The highest BCUT2D eigenvalue weighted by molar-refractivity contribution is 5.96. The lowest BCUT2D eigenvalue weighted by Crippen LogP contribution is -2.39. The van der Waals surface area contributed by atoms with E-state index in [2.05, 4.69) is 15.6 Å². The molecule has 7 nitrogen and oxygen atoms in total. The number of alkyl carbamates (subject to hydrolysis) is 1. The molecule has 0 aliphatic heterocycles. The minimum absolute atomic E-state index is 0.173. The van der Waals surface area contributed by atoms with Crippen LogP contribution in [0.3, 0.4) is 0 Å². The molecule has 0 fully saturated rings. The Hall–Kier alpha value is -3.32. The summed E-state index contributed by atoms with van der Waals surface area (Å²) >= 11 is 0. The Morgan fingerprint density at radius 1 is 1.13 bits per heavy atom. The second kappa shape index (κ2) is 9.22. The van der Waals surface area contributed by atoms with Crippen molar-refractivity contribution in [2.45, 2.75) is 51.8 Å². The molecule has 3 rings (SSSR count). The van der Waals surface area contributed by atoms with Crippen LogP contribution in [0.2, 0.25) is 0 Å². The zero-order valence-corrected chi connectivity index (χ0v) is 18.4. The Balaban J connectivity index is 1.62. The predicted octanol–water partition coefficient (Wildman–Crippen LogP) is 4.26. The number of carbonyl (C=O) groups excluding carboxylic acids is 2. The highest BCUT2D eigenvalue weighted by Crippen LogP contribution is 2.27. The maximum atomic E-state index is 12.8. The first-order valence-electron chi connectivity index (χ1n) is 10.3. The molecular formula is C24H30N4O3. The van der Waals surface area contributed by atoms with Crippen LogP contribution >= 0.6 is 0 Å². The van der Waals surface area contributed by atoms with Crippen molar-refractivity contribution in [1.29, 1.82) is 0 Å². The van der Waals surface area contributed by atoms with E-state index < -0.39 is 17.7 Å². The summed E-state index contributed by atoms with van der Waals surface area (Å²) in [7, 11) is 0. The van der Waals surface area contributed by atoms with Gasteiger partial charge in [-0.25, -0.2) is 4.79 Å². The van der Waals surface area contributed by atoms with E-state index in [1.54, 1.807) is 12.1 Å². The molecule has 0 radical (unpaired) electrons. The smallest absolute Gasteiger partial charge is 0.407 e. The van der Waals surface area contributed by atoms with Crippen molar-refractivity contribution in [1.82, 2.24) is 10.3 Å². The average Bonchev–Trinajstić information content (AvgIpc) is 3.14. The molecule has 1 heterocycles. The quantitative estimate of drug-likeness (QED) is 0.476. The number of fused-ring (bicyclic) bond motifs is 1. The Morgan fingerprint density at radius 3 is 2.61 bits per heavy atom. The molecular weight excluding hydrogens is 392 g/mol. The number of hydrogen-bond acceptors (Lipinski definition) is 4. The molecule has 2 amide bonds. The van der Waals surface area contributed by atoms with Crippen molar-refractivity contribution in [2.75, 3.05) is 5.32 Å². The molecule has 0 saturated carbocycles. The van der Waals surface area contributed by atoms with E-state index in [-0.39, 0.29) is 18.4 Å². The van der Waals surface area contributed by atoms with Gasteiger partial charge >= 0.3 is 6.09 Å². The lowest BCUT2D eigenvalue weighted by atomic mass is 9.93. The Bertz CT molecular complexity index is 1070. The molecule has 2 atom stereocenters. The summed E-state index contributed by atoms with van der Waals surface area (Å²) in [5.74, 6) is -0.441. The van der Waals surface area contributed by atoms with Gasteiger partial charge in [0.05, 0.1) is 6.04 Å². The normalized spacial score (nSPS) is 13.5. The van der Waals surface area contributed by atoms with Gasteiger partial charge in [-0.05, 0) is 50.1 Å². The van der Waals surface area contributed by atoms with Gasteiger partial charge in [0, 0.05) is 35.2 Å². The number of benzene rings is 2. The molecule has 7 heteroatoms. The zero-order valence-electron chi connectivity index (χ0n) is 18.4. The molecule has 0 aliphatic carbocycles. The molecule has 0 unspecified atom stereocenters. The summed E-state index contributed by atoms with van der Waals surface area (Å²) in [6.45, 7) is 7.66. The van der Waals surface area contributed by atoms with Crippen molar-refractivity contribution in [3.05, 3.63) is 65.9 Å². The predicted molar refractivity (Wildman–Crippen MR) is 123 cm³/mol.